The second-order valence-corrected chi connectivity index (χ2v) is 5.44. The topological polar surface area (TPSA) is 40.7 Å². The van der Waals surface area contributed by atoms with Crippen molar-refractivity contribution in [1.29, 1.82) is 0 Å². The lowest BCUT2D eigenvalue weighted by Crippen LogP contribution is -2.35. The van der Waals surface area contributed by atoms with Gasteiger partial charge in [0.1, 0.15) is 5.01 Å². The maximum atomic E-state index is 4.69. The van der Waals surface area contributed by atoms with Crippen LogP contribution in [0.1, 0.15) is 25.0 Å². The molecule has 2 N–H and O–H groups in total. The molecule has 0 radical (unpaired) electrons. The first-order valence-corrected chi connectivity index (χ1v) is 7.11. The largest absolute Gasteiger partial charge is 0.359 e. The lowest BCUT2D eigenvalue weighted by Gasteiger charge is -2.22. The summed E-state index contributed by atoms with van der Waals surface area (Å²) in [4.78, 5) is 7.90. The van der Waals surface area contributed by atoms with E-state index in [1.165, 1.54) is 25.0 Å². The van der Waals surface area contributed by atoms with Crippen LogP contribution >= 0.6 is 11.3 Å². The van der Waals surface area contributed by atoms with E-state index < -0.39 is 0 Å². The van der Waals surface area contributed by atoms with Crippen molar-refractivity contribution in [3.05, 3.63) is 29.4 Å². The maximum absolute atomic E-state index is 4.69. The van der Waals surface area contributed by atoms with Crippen LogP contribution in [0.15, 0.2) is 23.7 Å². The lowest BCUT2D eigenvalue weighted by atomic mass is 10.0. The third-order valence-electron chi connectivity index (χ3n) is 3.25. The molecule has 3 heterocycles. The van der Waals surface area contributed by atoms with E-state index in [2.05, 4.69) is 21.7 Å². The summed E-state index contributed by atoms with van der Waals surface area (Å²) in [7, 11) is 0. The van der Waals surface area contributed by atoms with E-state index in [1.54, 1.807) is 11.3 Å². The number of aromatic nitrogens is 2. The van der Waals surface area contributed by atoms with Gasteiger partial charge < -0.3 is 10.3 Å². The minimum atomic E-state index is 0.627. The van der Waals surface area contributed by atoms with Crippen LogP contribution < -0.4 is 5.32 Å². The molecule has 0 aliphatic carbocycles. The normalized spacial score (nSPS) is 20.6. The number of nitrogens with one attached hydrogen (secondary N) is 2. The third kappa shape index (κ3) is 2.58. The van der Waals surface area contributed by atoms with E-state index in [0.717, 1.165) is 23.7 Å². The Hall–Kier alpha value is -1.13. The second kappa shape index (κ2) is 5.02. The SMILES string of the molecule is c1c[nH]c(-c2nc(CC3CCCCN3)cs2)c1. The van der Waals surface area contributed by atoms with Crippen molar-refractivity contribution in [2.24, 2.45) is 0 Å². The van der Waals surface area contributed by atoms with Gasteiger partial charge in [-0.2, -0.15) is 0 Å². The smallest absolute Gasteiger partial charge is 0.139 e. The first-order chi connectivity index (χ1) is 8.42. The van der Waals surface area contributed by atoms with Gasteiger partial charge in [-0.15, -0.1) is 11.3 Å². The molecule has 1 aliphatic heterocycles. The highest BCUT2D eigenvalue weighted by Crippen LogP contribution is 2.23. The van der Waals surface area contributed by atoms with E-state index in [4.69, 9.17) is 4.98 Å². The van der Waals surface area contributed by atoms with Gasteiger partial charge in [-0.3, -0.25) is 0 Å². The van der Waals surface area contributed by atoms with E-state index in [1.807, 2.05) is 12.3 Å². The van der Waals surface area contributed by atoms with Crippen LogP contribution in [0.3, 0.4) is 0 Å². The van der Waals surface area contributed by atoms with Crippen molar-refractivity contribution in [3.63, 3.8) is 0 Å². The van der Waals surface area contributed by atoms with E-state index >= 15 is 0 Å². The Balaban J connectivity index is 1.68. The van der Waals surface area contributed by atoms with Gasteiger partial charge in [0.2, 0.25) is 0 Å². The number of hydrogen-bond acceptors (Lipinski definition) is 3. The standard InChI is InChI=1S/C13H17N3S/c1-2-6-14-10(4-1)8-11-9-17-13(16-11)12-5-3-7-15-12/h3,5,7,9-10,14-15H,1-2,4,6,8H2. The molecular weight excluding hydrogens is 230 g/mol. The van der Waals surface area contributed by atoms with Crippen molar-refractivity contribution in [1.82, 2.24) is 15.3 Å². The number of rotatable bonds is 3. The first kappa shape index (κ1) is 11.0. The number of aromatic amines is 1. The summed E-state index contributed by atoms with van der Waals surface area (Å²) in [6.45, 7) is 1.16. The molecule has 1 aliphatic rings. The highest BCUT2D eigenvalue weighted by Gasteiger charge is 2.15. The Morgan fingerprint density at radius 1 is 1.41 bits per heavy atom. The minimum absolute atomic E-state index is 0.627. The van der Waals surface area contributed by atoms with Crippen LogP contribution in [0, 0.1) is 0 Å². The molecule has 0 bridgehead atoms. The fraction of sp³-hybridized carbons (Fsp3) is 0.462. The predicted octanol–water partition coefficient (Wildman–Crippen LogP) is 2.82. The molecule has 1 atom stereocenters. The zero-order valence-corrected chi connectivity index (χ0v) is 10.6. The molecule has 3 rings (SSSR count). The van der Waals surface area contributed by atoms with Crippen molar-refractivity contribution < 1.29 is 0 Å². The molecule has 3 nitrogen and oxygen atoms in total. The van der Waals surface area contributed by atoms with E-state index in [9.17, 15) is 0 Å². The molecule has 17 heavy (non-hydrogen) atoms. The van der Waals surface area contributed by atoms with Gasteiger partial charge in [0.15, 0.2) is 0 Å². The van der Waals surface area contributed by atoms with Crippen LogP contribution in [0.2, 0.25) is 0 Å². The van der Waals surface area contributed by atoms with Gasteiger partial charge in [0.25, 0.3) is 0 Å². The van der Waals surface area contributed by atoms with Gasteiger partial charge in [-0.1, -0.05) is 6.42 Å². The summed E-state index contributed by atoms with van der Waals surface area (Å²) < 4.78 is 0. The Labute approximate surface area is 105 Å². The molecule has 1 saturated heterocycles. The van der Waals surface area contributed by atoms with Crippen LogP contribution in [0.25, 0.3) is 10.7 Å². The Morgan fingerprint density at radius 2 is 2.41 bits per heavy atom. The average molecular weight is 247 g/mol. The molecule has 1 unspecified atom stereocenters. The lowest BCUT2D eigenvalue weighted by molar-refractivity contribution is 0.397. The van der Waals surface area contributed by atoms with Crippen molar-refractivity contribution in [2.45, 2.75) is 31.7 Å². The molecule has 0 aromatic carbocycles. The molecule has 0 saturated carbocycles. The van der Waals surface area contributed by atoms with Crippen LogP contribution in [-0.4, -0.2) is 22.6 Å². The summed E-state index contributed by atoms with van der Waals surface area (Å²) in [6, 6.07) is 4.71. The molecule has 0 amide bonds. The van der Waals surface area contributed by atoms with Gasteiger partial charge >= 0.3 is 0 Å². The maximum Gasteiger partial charge on any atom is 0.139 e. The number of thiazole rings is 1. The molecular formula is C13H17N3S. The molecule has 2 aromatic rings. The summed E-state index contributed by atoms with van der Waals surface area (Å²) in [5.74, 6) is 0. The summed E-state index contributed by atoms with van der Waals surface area (Å²) in [5.41, 5.74) is 2.34. The van der Waals surface area contributed by atoms with Crippen LogP contribution in [-0.2, 0) is 6.42 Å². The Bertz CT molecular complexity index is 455. The molecule has 1 fully saturated rings. The Kier molecular flexibility index (Phi) is 3.25. The second-order valence-electron chi connectivity index (χ2n) is 4.58. The quantitative estimate of drug-likeness (QED) is 0.875. The zero-order valence-electron chi connectivity index (χ0n) is 9.78. The van der Waals surface area contributed by atoms with Crippen LogP contribution in [0.4, 0.5) is 0 Å². The average Bonchev–Trinajstić information content (AvgIpc) is 3.00. The Morgan fingerprint density at radius 3 is 3.18 bits per heavy atom. The van der Waals surface area contributed by atoms with Crippen LogP contribution in [0.5, 0.6) is 0 Å². The molecule has 4 heteroatoms. The van der Waals surface area contributed by atoms with E-state index in [-0.39, 0.29) is 0 Å². The van der Waals surface area contributed by atoms with Crippen molar-refractivity contribution >= 4 is 11.3 Å². The molecule has 90 valence electrons. The van der Waals surface area contributed by atoms with Crippen molar-refractivity contribution in [2.75, 3.05) is 6.54 Å². The molecule has 2 aromatic heterocycles. The number of nitrogens with zero attached hydrogens (tertiary/aromatic N) is 1. The number of H-pyrrole nitrogens is 1. The minimum Gasteiger partial charge on any atom is -0.359 e. The fourth-order valence-electron chi connectivity index (χ4n) is 2.34. The van der Waals surface area contributed by atoms with Gasteiger partial charge in [-0.05, 0) is 31.5 Å². The fourth-order valence-corrected chi connectivity index (χ4v) is 3.16. The highest BCUT2D eigenvalue weighted by atomic mass is 32.1. The van der Waals surface area contributed by atoms with Gasteiger partial charge in [-0.25, -0.2) is 4.98 Å². The zero-order chi connectivity index (χ0) is 11.5. The monoisotopic (exact) mass is 247 g/mol. The van der Waals surface area contributed by atoms with E-state index in [0.29, 0.717) is 6.04 Å². The van der Waals surface area contributed by atoms with Gasteiger partial charge in [0, 0.05) is 24.0 Å². The highest BCUT2D eigenvalue weighted by molar-refractivity contribution is 7.13. The third-order valence-corrected chi connectivity index (χ3v) is 4.17. The molecule has 0 spiro atoms. The first-order valence-electron chi connectivity index (χ1n) is 6.23. The summed E-state index contributed by atoms with van der Waals surface area (Å²) in [5, 5.41) is 6.85. The summed E-state index contributed by atoms with van der Waals surface area (Å²) >= 11 is 1.73. The van der Waals surface area contributed by atoms with Gasteiger partial charge in [0.05, 0.1) is 11.4 Å². The summed E-state index contributed by atoms with van der Waals surface area (Å²) in [6.07, 6.45) is 6.97. The van der Waals surface area contributed by atoms with Crippen molar-refractivity contribution in [3.8, 4) is 10.7 Å². The number of hydrogen-bond donors (Lipinski definition) is 2. The predicted molar refractivity (Wildman–Crippen MR) is 71.2 cm³/mol. The number of piperidine rings is 1.